The van der Waals surface area contributed by atoms with Crippen LogP contribution in [0.15, 0.2) is 42.7 Å². The summed E-state index contributed by atoms with van der Waals surface area (Å²) in [4.78, 5) is 16.8. The highest BCUT2D eigenvalue weighted by Gasteiger charge is 2.30. The van der Waals surface area contributed by atoms with Gasteiger partial charge in [0.05, 0.1) is 32.5 Å². The number of amides is 1. The normalized spacial score (nSPS) is 19.1. The molecule has 1 aliphatic rings. The van der Waals surface area contributed by atoms with E-state index in [4.69, 9.17) is 14.2 Å². The molecule has 2 atom stereocenters. The zero-order valence-electron chi connectivity index (χ0n) is 16.0. The van der Waals surface area contributed by atoms with Crippen LogP contribution in [0.4, 0.5) is 0 Å². The first-order valence-corrected chi connectivity index (χ1v) is 9.19. The predicted octanol–water partition coefficient (Wildman–Crippen LogP) is 2.86. The zero-order chi connectivity index (χ0) is 19.2. The van der Waals surface area contributed by atoms with Crippen LogP contribution >= 0.6 is 0 Å². The number of hydrogen-bond donors (Lipinski definition) is 1. The molecule has 0 bridgehead atoms. The number of hydrogen-bond acceptors (Lipinski definition) is 5. The number of methoxy groups -OCH3 is 1. The lowest BCUT2D eigenvalue weighted by atomic mass is 9.95. The van der Waals surface area contributed by atoms with Crippen LogP contribution in [0.5, 0.6) is 11.5 Å². The molecule has 0 saturated carbocycles. The van der Waals surface area contributed by atoms with E-state index in [1.54, 1.807) is 37.7 Å². The Hall–Kier alpha value is -2.60. The third kappa shape index (κ3) is 4.98. The summed E-state index contributed by atoms with van der Waals surface area (Å²) < 4.78 is 16.7. The minimum atomic E-state index is -0.139. The van der Waals surface area contributed by atoms with Crippen LogP contribution in [0.3, 0.4) is 0 Å². The van der Waals surface area contributed by atoms with Crippen molar-refractivity contribution < 1.29 is 19.0 Å². The molecule has 1 N–H and O–H groups in total. The van der Waals surface area contributed by atoms with Gasteiger partial charge in [-0.15, -0.1) is 0 Å². The third-order valence-electron chi connectivity index (χ3n) is 4.55. The summed E-state index contributed by atoms with van der Waals surface area (Å²) in [5.41, 5.74) is 1.73. The van der Waals surface area contributed by atoms with Gasteiger partial charge >= 0.3 is 0 Å². The molecule has 1 aliphatic heterocycles. The van der Waals surface area contributed by atoms with E-state index in [9.17, 15) is 4.79 Å². The Morgan fingerprint density at radius 1 is 1.22 bits per heavy atom. The average molecular weight is 370 g/mol. The summed E-state index contributed by atoms with van der Waals surface area (Å²) in [5, 5.41) is 3.10. The summed E-state index contributed by atoms with van der Waals surface area (Å²) in [6.07, 6.45) is 4.44. The van der Waals surface area contributed by atoms with Crippen LogP contribution in [0.25, 0.3) is 0 Å². The van der Waals surface area contributed by atoms with Crippen molar-refractivity contribution in [2.24, 2.45) is 5.92 Å². The monoisotopic (exact) mass is 370 g/mol. The van der Waals surface area contributed by atoms with Crippen molar-refractivity contribution in [1.82, 2.24) is 10.3 Å². The SMILES string of the molecule is COc1cc(C(=O)N[C@H]2COC[C@H]2Cc2ccncc2)ccc1OC(C)C. The van der Waals surface area contributed by atoms with Crippen LogP contribution in [-0.4, -0.2) is 43.4 Å². The first kappa shape index (κ1) is 19.2. The number of benzene rings is 1. The molecule has 1 aromatic carbocycles. The van der Waals surface area contributed by atoms with E-state index in [0.717, 1.165) is 6.42 Å². The van der Waals surface area contributed by atoms with Crippen molar-refractivity contribution in [3.05, 3.63) is 53.9 Å². The van der Waals surface area contributed by atoms with E-state index in [1.807, 2.05) is 26.0 Å². The van der Waals surface area contributed by atoms with Gasteiger partial charge in [-0.2, -0.15) is 0 Å². The Kier molecular flexibility index (Phi) is 6.29. The molecular formula is C21H26N2O4. The second kappa shape index (κ2) is 8.86. The van der Waals surface area contributed by atoms with Gasteiger partial charge in [-0.05, 0) is 56.2 Å². The van der Waals surface area contributed by atoms with Crippen molar-refractivity contribution in [2.75, 3.05) is 20.3 Å². The zero-order valence-corrected chi connectivity index (χ0v) is 16.0. The second-order valence-electron chi connectivity index (χ2n) is 6.97. The standard InChI is InChI=1S/C21H26N2O4/c1-14(2)27-19-5-4-16(11-20(19)25-3)21(24)23-18-13-26-12-17(18)10-15-6-8-22-9-7-15/h4-9,11,14,17-18H,10,12-13H2,1-3H3,(H,23,24)/t17-,18+/m1/s1. The Labute approximate surface area is 159 Å². The van der Waals surface area contributed by atoms with Gasteiger partial charge in [0.2, 0.25) is 0 Å². The van der Waals surface area contributed by atoms with Gasteiger partial charge in [-0.25, -0.2) is 0 Å². The average Bonchev–Trinajstić information content (AvgIpc) is 3.09. The first-order chi connectivity index (χ1) is 13.1. The number of pyridine rings is 1. The van der Waals surface area contributed by atoms with Crippen LogP contribution < -0.4 is 14.8 Å². The second-order valence-corrected chi connectivity index (χ2v) is 6.97. The highest BCUT2D eigenvalue weighted by molar-refractivity contribution is 5.95. The van der Waals surface area contributed by atoms with Crippen LogP contribution in [0, 0.1) is 5.92 Å². The summed E-state index contributed by atoms with van der Waals surface area (Å²) >= 11 is 0. The lowest BCUT2D eigenvalue weighted by molar-refractivity contribution is 0.0924. The summed E-state index contributed by atoms with van der Waals surface area (Å²) in [5.74, 6) is 1.28. The number of rotatable bonds is 7. The molecule has 6 heteroatoms. The van der Waals surface area contributed by atoms with Crippen molar-refractivity contribution in [3.8, 4) is 11.5 Å². The number of nitrogens with one attached hydrogen (secondary N) is 1. The molecule has 0 aliphatic carbocycles. The molecule has 1 amide bonds. The Morgan fingerprint density at radius 3 is 2.70 bits per heavy atom. The van der Waals surface area contributed by atoms with Gasteiger partial charge in [0, 0.05) is 23.9 Å². The molecule has 0 radical (unpaired) electrons. The highest BCUT2D eigenvalue weighted by Crippen LogP contribution is 2.29. The molecule has 3 rings (SSSR count). The van der Waals surface area contributed by atoms with E-state index in [0.29, 0.717) is 30.3 Å². The van der Waals surface area contributed by atoms with E-state index >= 15 is 0 Å². The van der Waals surface area contributed by atoms with Crippen molar-refractivity contribution in [3.63, 3.8) is 0 Å². The molecule has 1 saturated heterocycles. The van der Waals surface area contributed by atoms with Gasteiger partial charge in [0.1, 0.15) is 0 Å². The van der Waals surface area contributed by atoms with E-state index in [1.165, 1.54) is 5.56 Å². The maximum absolute atomic E-state index is 12.7. The van der Waals surface area contributed by atoms with Gasteiger partial charge in [-0.3, -0.25) is 9.78 Å². The molecule has 2 heterocycles. The Balaban J connectivity index is 1.67. The Bertz CT molecular complexity index is 764. The molecule has 2 aromatic rings. The summed E-state index contributed by atoms with van der Waals surface area (Å²) in [6, 6.07) is 9.20. The fourth-order valence-electron chi connectivity index (χ4n) is 3.19. The third-order valence-corrected chi connectivity index (χ3v) is 4.55. The van der Waals surface area contributed by atoms with Crippen LogP contribution in [0.1, 0.15) is 29.8 Å². The molecule has 144 valence electrons. The minimum absolute atomic E-state index is 0.0248. The lowest BCUT2D eigenvalue weighted by Crippen LogP contribution is -2.40. The number of carbonyl (C=O) groups is 1. The predicted molar refractivity (Wildman–Crippen MR) is 102 cm³/mol. The summed E-state index contributed by atoms with van der Waals surface area (Å²) in [7, 11) is 1.57. The number of nitrogens with zero attached hydrogens (tertiary/aromatic N) is 1. The number of ether oxygens (including phenoxy) is 3. The molecule has 0 unspecified atom stereocenters. The molecule has 1 fully saturated rings. The van der Waals surface area contributed by atoms with Crippen molar-refractivity contribution in [2.45, 2.75) is 32.4 Å². The van der Waals surface area contributed by atoms with Crippen molar-refractivity contribution >= 4 is 5.91 Å². The van der Waals surface area contributed by atoms with E-state index in [2.05, 4.69) is 10.3 Å². The number of carbonyl (C=O) groups excluding carboxylic acids is 1. The molecule has 1 aromatic heterocycles. The van der Waals surface area contributed by atoms with Gasteiger partial charge in [0.25, 0.3) is 5.91 Å². The van der Waals surface area contributed by atoms with Gasteiger partial charge < -0.3 is 19.5 Å². The fraction of sp³-hybridized carbons (Fsp3) is 0.429. The largest absolute Gasteiger partial charge is 0.493 e. The van der Waals surface area contributed by atoms with Gasteiger partial charge in [-0.1, -0.05) is 0 Å². The van der Waals surface area contributed by atoms with Gasteiger partial charge in [0.15, 0.2) is 11.5 Å². The van der Waals surface area contributed by atoms with E-state index in [-0.39, 0.29) is 24.0 Å². The Morgan fingerprint density at radius 2 is 2.00 bits per heavy atom. The smallest absolute Gasteiger partial charge is 0.251 e. The summed E-state index contributed by atoms with van der Waals surface area (Å²) in [6.45, 7) is 5.05. The van der Waals surface area contributed by atoms with Crippen LogP contribution in [0.2, 0.25) is 0 Å². The topological polar surface area (TPSA) is 69.7 Å². The molecule has 6 nitrogen and oxygen atoms in total. The minimum Gasteiger partial charge on any atom is -0.493 e. The first-order valence-electron chi connectivity index (χ1n) is 9.19. The highest BCUT2D eigenvalue weighted by atomic mass is 16.5. The van der Waals surface area contributed by atoms with E-state index < -0.39 is 0 Å². The van der Waals surface area contributed by atoms with Crippen LogP contribution in [-0.2, 0) is 11.2 Å². The fourth-order valence-corrected chi connectivity index (χ4v) is 3.19. The number of aromatic nitrogens is 1. The molecular weight excluding hydrogens is 344 g/mol. The maximum Gasteiger partial charge on any atom is 0.251 e. The quantitative estimate of drug-likeness (QED) is 0.812. The van der Waals surface area contributed by atoms with Crippen molar-refractivity contribution in [1.29, 1.82) is 0 Å². The lowest BCUT2D eigenvalue weighted by Gasteiger charge is -2.20. The molecule has 27 heavy (non-hydrogen) atoms. The maximum atomic E-state index is 12.7. The molecule has 0 spiro atoms.